The Morgan fingerprint density at radius 2 is 2.27 bits per heavy atom. The fraction of sp³-hybridized carbons (Fsp3) is 0.167. The lowest BCUT2D eigenvalue weighted by molar-refractivity contribution is 1.07. The summed E-state index contributed by atoms with van der Waals surface area (Å²) in [7, 11) is 0. The smallest absolute Gasteiger partial charge is 0.178 e. The molecule has 56 valence electrons. The van der Waals surface area contributed by atoms with E-state index in [1.54, 1.807) is 6.20 Å². The van der Waals surface area contributed by atoms with Crippen molar-refractivity contribution in [2.75, 3.05) is 0 Å². The van der Waals surface area contributed by atoms with Gasteiger partial charge in [0, 0.05) is 11.8 Å². The molecule has 2 rings (SSSR count). The molecule has 11 heavy (non-hydrogen) atoms. The molecule has 4 nitrogen and oxygen atoms in total. The monoisotopic (exact) mass is 168 g/mol. The molecule has 0 fully saturated rings. The highest BCUT2D eigenvalue weighted by atomic mass is 35.5. The van der Waals surface area contributed by atoms with Gasteiger partial charge >= 0.3 is 0 Å². The first-order valence-electron chi connectivity index (χ1n) is 3.10. The van der Waals surface area contributed by atoms with E-state index in [-0.39, 0.29) is 0 Å². The molecule has 5 heteroatoms. The van der Waals surface area contributed by atoms with Gasteiger partial charge in [-0.2, -0.15) is 0 Å². The first kappa shape index (κ1) is 6.54. The fourth-order valence-electron chi connectivity index (χ4n) is 0.868. The van der Waals surface area contributed by atoms with E-state index in [9.17, 15) is 0 Å². The molecule has 0 aliphatic heterocycles. The summed E-state index contributed by atoms with van der Waals surface area (Å²) in [5.74, 6) is 0.694. The van der Waals surface area contributed by atoms with Crippen molar-refractivity contribution in [1.29, 1.82) is 0 Å². The fourth-order valence-corrected chi connectivity index (χ4v) is 1.04. The molecular weight excluding hydrogens is 164 g/mol. The van der Waals surface area contributed by atoms with E-state index in [2.05, 4.69) is 15.0 Å². The Morgan fingerprint density at radius 1 is 1.45 bits per heavy atom. The third-order valence-corrected chi connectivity index (χ3v) is 1.62. The predicted octanol–water partition coefficient (Wildman–Crippen LogP) is 1.14. The third kappa shape index (κ3) is 0.952. The van der Waals surface area contributed by atoms with Crippen LogP contribution in [0, 0.1) is 6.92 Å². The SMILES string of the molecule is Cc1ncc2ncn(Cl)c2n1. The van der Waals surface area contributed by atoms with Gasteiger partial charge in [0.1, 0.15) is 17.7 Å². The highest BCUT2D eigenvalue weighted by Gasteiger charge is 2.01. The van der Waals surface area contributed by atoms with Gasteiger partial charge in [0.2, 0.25) is 0 Å². The van der Waals surface area contributed by atoms with E-state index in [1.165, 1.54) is 10.4 Å². The zero-order chi connectivity index (χ0) is 7.84. The molecule has 0 radical (unpaired) electrons. The molecule has 2 aromatic heterocycles. The van der Waals surface area contributed by atoms with Crippen LogP contribution in [0.2, 0.25) is 0 Å². The largest absolute Gasteiger partial charge is 0.239 e. The minimum atomic E-state index is 0.652. The Balaban J connectivity index is 2.87. The minimum absolute atomic E-state index is 0.652. The Bertz CT molecular complexity index is 394. The second-order valence-corrected chi connectivity index (χ2v) is 2.55. The Morgan fingerprint density at radius 3 is 3.09 bits per heavy atom. The highest BCUT2D eigenvalue weighted by Crippen LogP contribution is 2.08. The number of hydrogen-bond donors (Lipinski definition) is 0. The van der Waals surface area contributed by atoms with Gasteiger partial charge in [0.05, 0.1) is 6.20 Å². The van der Waals surface area contributed by atoms with E-state index in [4.69, 9.17) is 11.8 Å². The summed E-state index contributed by atoms with van der Waals surface area (Å²) in [6.07, 6.45) is 3.15. The molecule has 0 bridgehead atoms. The number of rotatable bonds is 0. The van der Waals surface area contributed by atoms with Crippen LogP contribution in [0.15, 0.2) is 12.5 Å². The summed E-state index contributed by atoms with van der Waals surface area (Å²) in [4.78, 5) is 12.0. The van der Waals surface area contributed by atoms with Crippen molar-refractivity contribution in [3.05, 3.63) is 18.3 Å². The standard InChI is InChI=1S/C6H5ClN4/c1-4-8-2-5-6(10-4)11(7)3-9-5/h2-3H,1H3. The van der Waals surface area contributed by atoms with Crippen LogP contribution < -0.4 is 0 Å². The summed E-state index contributed by atoms with van der Waals surface area (Å²) >= 11 is 5.71. The summed E-state index contributed by atoms with van der Waals surface area (Å²) in [5.41, 5.74) is 1.37. The van der Waals surface area contributed by atoms with Crippen LogP contribution in [-0.4, -0.2) is 19.0 Å². The molecule has 0 aromatic carbocycles. The predicted molar refractivity (Wildman–Crippen MR) is 41.3 cm³/mol. The van der Waals surface area contributed by atoms with Gasteiger partial charge in [0.25, 0.3) is 0 Å². The molecule has 0 saturated carbocycles. The highest BCUT2D eigenvalue weighted by molar-refractivity contribution is 6.18. The maximum Gasteiger partial charge on any atom is 0.178 e. The lowest BCUT2D eigenvalue weighted by atomic mass is 10.5. The molecule has 0 aliphatic carbocycles. The average Bonchev–Trinajstić information content (AvgIpc) is 2.33. The Kier molecular flexibility index (Phi) is 1.29. The van der Waals surface area contributed by atoms with E-state index < -0.39 is 0 Å². The molecule has 0 atom stereocenters. The van der Waals surface area contributed by atoms with Crippen LogP contribution in [0.3, 0.4) is 0 Å². The van der Waals surface area contributed by atoms with E-state index >= 15 is 0 Å². The first-order valence-corrected chi connectivity index (χ1v) is 3.44. The molecule has 0 saturated heterocycles. The molecule has 0 spiro atoms. The third-order valence-electron chi connectivity index (χ3n) is 1.37. The molecule has 2 heterocycles. The Labute approximate surface area is 68.0 Å². The van der Waals surface area contributed by atoms with Crippen LogP contribution in [0.4, 0.5) is 0 Å². The zero-order valence-corrected chi connectivity index (χ0v) is 6.58. The van der Waals surface area contributed by atoms with Crippen LogP contribution in [-0.2, 0) is 0 Å². The normalized spacial score (nSPS) is 10.7. The minimum Gasteiger partial charge on any atom is -0.239 e. The number of nitrogens with zero attached hydrogens (tertiary/aromatic N) is 4. The van der Waals surface area contributed by atoms with Gasteiger partial charge in [-0.3, -0.25) is 0 Å². The van der Waals surface area contributed by atoms with Crippen molar-refractivity contribution in [2.45, 2.75) is 6.92 Å². The number of halogens is 1. The summed E-state index contributed by atoms with van der Waals surface area (Å²) in [6, 6.07) is 0. The number of aryl methyl sites for hydroxylation is 1. The van der Waals surface area contributed by atoms with Crippen molar-refractivity contribution in [3.8, 4) is 0 Å². The van der Waals surface area contributed by atoms with Crippen molar-refractivity contribution < 1.29 is 0 Å². The van der Waals surface area contributed by atoms with E-state index in [0.29, 0.717) is 17.0 Å². The molecule has 0 aliphatic rings. The Hall–Kier alpha value is -1.16. The topological polar surface area (TPSA) is 43.6 Å². The molecule has 2 aromatic rings. The number of aromatic nitrogens is 4. The van der Waals surface area contributed by atoms with Gasteiger partial charge in [-0.25, -0.2) is 19.0 Å². The lowest BCUT2D eigenvalue weighted by Gasteiger charge is -1.90. The number of fused-ring (bicyclic) bond motifs is 1. The van der Waals surface area contributed by atoms with E-state index in [1.807, 2.05) is 6.92 Å². The zero-order valence-electron chi connectivity index (χ0n) is 5.82. The number of imidazole rings is 1. The summed E-state index contributed by atoms with van der Waals surface area (Å²) in [5, 5.41) is 0. The lowest BCUT2D eigenvalue weighted by Crippen LogP contribution is -1.88. The van der Waals surface area contributed by atoms with Gasteiger partial charge in [-0.1, -0.05) is 0 Å². The van der Waals surface area contributed by atoms with Crippen molar-refractivity contribution in [3.63, 3.8) is 0 Å². The van der Waals surface area contributed by atoms with Gasteiger partial charge in [-0.05, 0) is 6.92 Å². The van der Waals surface area contributed by atoms with Gasteiger partial charge in [-0.15, -0.1) is 0 Å². The second kappa shape index (κ2) is 2.17. The van der Waals surface area contributed by atoms with Gasteiger partial charge < -0.3 is 0 Å². The second-order valence-electron chi connectivity index (χ2n) is 2.18. The number of hydrogen-bond acceptors (Lipinski definition) is 3. The molecular formula is C6H5ClN4. The van der Waals surface area contributed by atoms with Crippen molar-refractivity contribution in [1.82, 2.24) is 19.0 Å². The molecule has 0 unspecified atom stereocenters. The first-order chi connectivity index (χ1) is 5.27. The van der Waals surface area contributed by atoms with Crippen LogP contribution in [0.25, 0.3) is 11.2 Å². The summed E-state index contributed by atoms with van der Waals surface area (Å²) < 4.78 is 1.35. The summed E-state index contributed by atoms with van der Waals surface area (Å²) in [6.45, 7) is 1.81. The van der Waals surface area contributed by atoms with Crippen molar-refractivity contribution >= 4 is 22.9 Å². The van der Waals surface area contributed by atoms with Crippen LogP contribution >= 0.6 is 11.8 Å². The maximum absolute atomic E-state index is 5.71. The quantitative estimate of drug-likeness (QED) is 0.593. The maximum atomic E-state index is 5.71. The average molecular weight is 169 g/mol. The van der Waals surface area contributed by atoms with Gasteiger partial charge in [0.15, 0.2) is 5.65 Å². The van der Waals surface area contributed by atoms with Crippen LogP contribution in [0.1, 0.15) is 5.82 Å². The van der Waals surface area contributed by atoms with E-state index in [0.717, 1.165) is 0 Å². The molecule has 0 amide bonds. The molecule has 0 N–H and O–H groups in total. The van der Waals surface area contributed by atoms with Crippen LogP contribution in [0.5, 0.6) is 0 Å². The van der Waals surface area contributed by atoms with Crippen molar-refractivity contribution in [2.24, 2.45) is 0 Å².